The SMILES string of the molecule is CCCc1nnc(NC(=O)[C@@H]2CC(=O)N(Cc3ccco3)C2)s1. The van der Waals surface area contributed by atoms with Crippen LogP contribution < -0.4 is 5.32 Å². The van der Waals surface area contributed by atoms with Gasteiger partial charge in [-0.05, 0) is 18.6 Å². The van der Waals surface area contributed by atoms with E-state index in [4.69, 9.17) is 4.42 Å². The number of aryl methyl sites for hydroxylation is 1. The van der Waals surface area contributed by atoms with Crippen molar-refractivity contribution < 1.29 is 14.0 Å². The normalized spacial score (nSPS) is 17.7. The maximum atomic E-state index is 12.3. The zero-order valence-electron chi connectivity index (χ0n) is 12.8. The molecule has 0 bridgehead atoms. The van der Waals surface area contributed by atoms with E-state index < -0.39 is 0 Å². The zero-order chi connectivity index (χ0) is 16.2. The third-order valence-corrected chi connectivity index (χ3v) is 4.57. The van der Waals surface area contributed by atoms with Gasteiger partial charge < -0.3 is 14.6 Å². The molecule has 0 spiro atoms. The van der Waals surface area contributed by atoms with Crippen molar-refractivity contribution in [1.29, 1.82) is 0 Å². The van der Waals surface area contributed by atoms with Crippen LogP contribution in [0.1, 0.15) is 30.5 Å². The molecule has 1 saturated heterocycles. The fraction of sp³-hybridized carbons (Fsp3) is 0.467. The van der Waals surface area contributed by atoms with Gasteiger partial charge in [-0.1, -0.05) is 18.3 Å². The van der Waals surface area contributed by atoms with E-state index in [0.717, 1.165) is 17.8 Å². The van der Waals surface area contributed by atoms with E-state index in [-0.39, 0.29) is 24.2 Å². The molecule has 23 heavy (non-hydrogen) atoms. The molecule has 1 aliphatic rings. The minimum Gasteiger partial charge on any atom is -0.467 e. The highest BCUT2D eigenvalue weighted by Gasteiger charge is 2.35. The summed E-state index contributed by atoms with van der Waals surface area (Å²) in [5.41, 5.74) is 0. The molecule has 122 valence electrons. The van der Waals surface area contributed by atoms with Gasteiger partial charge in [0.05, 0.1) is 18.7 Å². The van der Waals surface area contributed by atoms with Gasteiger partial charge in [0.2, 0.25) is 16.9 Å². The highest BCUT2D eigenvalue weighted by molar-refractivity contribution is 7.15. The summed E-state index contributed by atoms with van der Waals surface area (Å²) < 4.78 is 5.25. The number of carbonyl (C=O) groups is 2. The van der Waals surface area contributed by atoms with Crippen LogP contribution in [0.2, 0.25) is 0 Å². The second kappa shape index (κ2) is 6.91. The van der Waals surface area contributed by atoms with Gasteiger partial charge in [-0.2, -0.15) is 0 Å². The number of anilines is 1. The first-order chi connectivity index (χ1) is 11.2. The van der Waals surface area contributed by atoms with Gasteiger partial charge in [0.1, 0.15) is 10.8 Å². The number of rotatable bonds is 6. The number of furan rings is 1. The number of nitrogens with zero attached hydrogens (tertiary/aromatic N) is 3. The Morgan fingerprint density at radius 1 is 1.52 bits per heavy atom. The fourth-order valence-corrected chi connectivity index (χ4v) is 3.36. The van der Waals surface area contributed by atoms with E-state index in [2.05, 4.69) is 22.4 Å². The fourth-order valence-electron chi connectivity index (χ4n) is 2.52. The van der Waals surface area contributed by atoms with Gasteiger partial charge in [0.15, 0.2) is 0 Å². The third kappa shape index (κ3) is 3.76. The molecule has 3 heterocycles. The average Bonchev–Trinajstić information content (AvgIpc) is 3.24. The van der Waals surface area contributed by atoms with E-state index in [1.807, 2.05) is 6.07 Å². The quantitative estimate of drug-likeness (QED) is 0.873. The summed E-state index contributed by atoms with van der Waals surface area (Å²) in [7, 11) is 0. The molecule has 0 aliphatic carbocycles. The van der Waals surface area contributed by atoms with Crippen molar-refractivity contribution in [3.8, 4) is 0 Å². The Labute approximate surface area is 137 Å². The van der Waals surface area contributed by atoms with Crippen molar-refractivity contribution in [1.82, 2.24) is 15.1 Å². The van der Waals surface area contributed by atoms with Crippen LogP contribution in [0.4, 0.5) is 5.13 Å². The minimum atomic E-state index is -0.365. The van der Waals surface area contributed by atoms with Gasteiger partial charge in [-0.3, -0.25) is 9.59 Å². The second-order valence-corrected chi connectivity index (χ2v) is 6.56. The van der Waals surface area contributed by atoms with E-state index in [1.165, 1.54) is 11.3 Å². The summed E-state index contributed by atoms with van der Waals surface area (Å²) in [6.07, 6.45) is 3.63. The number of nitrogens with one attached hydrogen (secondary N) is 1. The third-order valence-electron chi connectivity index (χ3n) is 3.67. The summed E-state index contributed by atoms with van der Waals surface area (Å²) >= 11 is 1.38. The number of likely N-dealkylation sites (tertiary alicyclic amines) is 1. The number of hydrogen-bond acceptors (Lipinski definition) is 6. The summed E-state index contributed by atoms with van der Waals surface area (Å²) in [6.45, 7) is 2.86. The largest absolute Gasteiger partial charge is 0.467 e. The zero-order valence-corrected chi connectivity index (χ0v) is 13.6. The monoisotopic (exact) mass is 334 g/mol. The molecule has 2 aromatic heterocycles. The number of amides is 2. The van der Waals surface area contributed by atoms with Crippen molar-refractivity contribution in [2.45, 2.75) is 32.7 Å². The van der Waals surface area contributed by atoms with Gasteiger partial charge >= 0.3 is 0 Å². The van der Waals surface area contributed by atoms with Crippen LogP contribution in [0.15, 0.2) is 22.8 Å². The maximum absolute atomic E-state index is 12.3. The molecule has 0 saturated carbocycles. The molecule has 3 rings (SSSR count). The van der Waals surface area contributed by atoms with Crippen molar-refractivity contribution in [3.63, 3.8) is 0 Å². The Morgan fingerprint density at radius 3 is 3.13 bits per heavy atom. The Morgan fingerprint density at radius 2 is 2.39 bits per heavy atom. The van der Waals surface area contributed by atoms with Gasteiger partial charge in [0, 0.05) is 19.4 Å². The molecule has 7 nitrogen and oxygen atoms in total. The molecular formula is C15H18N4O3S. The van der Waals surface area contributed by atoms with E-state index >= 15 is 0 Å². The molecule has 1 aliphatic heterocycles. The lowest BCUT2D eigenvalue weighted by Crippen LogP contribution is -2.27. The maximum Gasteiger partial charge on any atom is 0.231 e. The van der Waals surface area contributed by atoms with E-state index in [1.54, 1.807) is 17.2 Å². The Bertz CT molecular complexity index is 683. The molecule has 1 atom stereocenters. The van der Waals surface area contributed by atoms with Crippen molar-refractivity contribution in [2.75, 3.05) is 11.9 Å². The summed E-state index contributed by atoms with van der Waals surface area (Å²) in [4.78, 5) is 26.0. The summed E-state index contributed by atoms with van der Waals surface area (Å²) in [5.74, 6) is 0.133. The van der Waals surface area contributed by atoms with Crippen LogP contribution in [-0.4, -0.2) is 33.5 Å². The summed E-state index contributed by atoms with van der Waals surface area (Å²) in [5, 5.41) is 12.2. The molecule has 0 radical (unpaired) electrons. The molecule has 2 aromatic rings. The summed E-state index contributed by atoms with van der Waals surface area (Å²) in [6, 6.07) is 3.60. The topological polar surface area (TPSA) is 88.3 Å². The molecule has 0 aromatic carbocycles. The van der Waals surface area contributed by atoms with E-state index in [9.17, 15) is 9.59 Å². The first kappa shape index (κ1) is 15.7. The van der Waals surface area contributed by atoms with Crippen molar-refractivity contribution in [3.05, 3.63) is 29.2 Å². The lowest BCUT2D eigenvalue weighted by atomic mass is 10.1. The van der Waals surface area contributed by atoms with Crippen LogP contribution in [0.3, 0.4) is 0 Å². The first-order valence-corrected chi connectivity index (χ1v) is 8.40. The first-order valence-electron chi connectivity index (χ1n) is 7.59. The van der Waals surface area contributed by atoms with Crippen LogP contribution in [-0.2, 0) is 22.6 Å². The van der Waals surface area contributed by atoms with Crippen molar-refractivity contribution >= 4 is 28.3 Å². The van der Waals surface area contributed by atoms with Crippen LogP contribution in [0.5, 0.6) is 0 Å². The Hall–Kier alpha value is -2.22. The van der Waals surface area contributed by atoms with Gasteiger partial charge in [-0.25, -0.2) is 0 Å². The molecule has 1 N–H and O–H groups in total. The van der Waals surface area contributed by atoms with Gasteiger partial charge in [0.25, 0.3) is 0 Å². The average molecular weight is 334 g/mol. The highest BCUT2D eigenvalue weighted by Crippen LogP contribution is 2.23. The Balaban J connectivity index is 1.56. The second-order valence-electron chi connectivity index (χ2n) is 5.49. The van der Waals surface area contributed by atoms with Crippen LogP contribution in [0.25, 0.3) is 0 Å². The predicted molar refractivity (Wildman–Crippen MR) is 84.8 cm³/mol. The number of carbonyl (C=O) groups excluding carboxylic acids is 2. The Kier molecular flexibility index (Phi) is 4.71. The van der Waals surface area contributed by atoms with E-state index in [0.29, 0.717) is 24.0 Å². The number of hydrogen-bond donors (Lipinski definition) is 1. The smallest absolute Gasteiger partial charge is 0.231 e. The molecule has 8 heteroatoms. The van der Waals surface area contributed by atoms with Crippen LogP contribution in [0, 0.1) is 5.92 Å². The van der Waals surface area contributed by atoms with Gasteiger partial charge in [-0.15, -0.1) is 10.2 Å². The molecular weight excluding hydrogens is 316 g/mol. The lowest BCUT2D eigenvalue weighted by Gasteiger charge is -2.14. The predicted octanol–water partition coefficient (Wildman–Crippen LogP) is 2.07. The molecule has 2 amide bonds. The minimum absolute atomic E-state index is 0.0366. The van der Waals surface area contributed by atoms with Crippen molar-refractivity contribution in [2.24, 2.45) is 5.92 Å². The standard InChI is InChI=1S/C15H18N4O3S/c1-2-4-12-17-18-15(23-12)16-14(21)10-7-13(20)19(8-10)9-11-5-3-6-22-11/h3,5-6,10H,2,4,7-9H2,1H3,(H,16,18,21)/t10-/m1/s1. The molecule has 1 fully saturated rings. The molecule has 0 unspecified atom stereocenters. The highest BCUT2D eigenvalue weighted by atomic mass is 32.1. The van der Waals surface area contributed by atoms with Crippen LogP contribution >= 0.6 is 11.3 Å². The number of aromatic nitrogens is 2. The lowest BCUT2D eigenvalue weighted by molar-refractivity contribution is -0.128.